The number of nitrogens with two attached hydrogens (primary N) is 1. The molecule has 5 heteroatoms. The Bertz CT molecular complexity index is 729. The molecule has 0 radical (unpaired) electrons. The molecule has 3 heterocycles. The summed E-state index contributed by atoms with van der Waals surface area (Å²) in [6, 6.07) is 8.40. The number of anilines is 2. The lowest BCUT2D eigenvalue weighted by atomic mass is 10.1. The summed E-state index contributed by atoms with van der Waals surface area (Å²) in [6.07, 6.45) is 1.06. The van der Waals surface area contributed by atoms with Crippen molar-refractivity contribution < 1.29 is 0 Å². The maximum absolute atomic E-state index is 5.88. The van der Waals surface area contributed by atoms with Crippen LogP contribution in [0.15, 0.2) is 35.0 Å². The normalized spacial score (nSPS) is 18.2. The Balaban J connectivity index is 1.94. The fourth-order valence-corrected chi connectivity index (χ4v) is 3.45. The highest BCUT2D eigenvalue weighted by molar-refractivity contribution is 7.07. The number of hydrogen-bond donors (Lipinski definition) is 2. The molecule has 3 N–H and O–H groups in total. The minimum Gasteiger partial charge on any atom is -0.399 e. The molecule has 0 fully saturated rings. The van der Waals surface area contributed by atoms with Gasteiger partial charge in [0, 0.05) is 17.6 Å². The second-order valence-corrected chi connectivity index (χ2v) is 5.64. The van der Waals surface area contributed by atoms with E-state index in [2.05, 4.69) is 26.8 Å². The quantitative estimate of drug-likeness (QED) is 0.668. The molecule has 1 unspecified atom stereocenters. The van der Waals surface area contributed by atoms with Crippen molar-refractivity contribution in [3.05, 3.63) is 40.6 Å². The predicted octanol–water partition coefficient (Wildman–Crippen LogP) is 3.09. The Kier molecular flexibility index (Phi) is 2.29. The first-order chi connectivity index (χ1) is 9.33. The number of nitrogens with zero attached hydrogens (tertiary/aromatic N) is 2. The Morgan fingerprint density at radius 2 is 2.32 bits per heavy atom. The lowest BCUT2D eigenvalue weighted by molar-refractivity contribution is 0.487. The molecular weight excluding hydrogens is 256 g/mol. The third-order valence-electron chi connectivity index (χ3n) is 3.65. The van der Waals surface area contributed by atoms with Gasteiger partial charge in [0.25, 0.3) is 0 Å². The van der Waals surface area contributed by atoms with Crippen LogP contribution in [0, 0.1) is 0 Å². The van der Waals surface area contributed by atoms with Crippen molar-refractivity contribution in [3.63, 3.8) is 0 Å². The van der Waals surface area contributed by atoms with E-state index < -0.39 is 0 Å². The number of rotatable bonds is 1. The van der Waals surface area contributed by atoms with E-state index in [9.17, 15) is 0 Å². The molecule has 0 aliphatic carbocycles. The molecular formula is C14H14N4S. The van der Waals surface area contributed by atoms with Gasteiger partial charge in [-0.05, 0) is 47.0 Å². The zero-order chi connectivity index (χ0) is 12.8. The van der Waals surface area contributed by atoms with Crippen LogP contribution in [0.2, 0.25) is 0 Å². The molecule has 19 heavy (non-hydrogen) atoms. The molecule has 0 bridgehead atoms. The smallest absolute Gasteiger partial charge is 0.133 e. The van der Waals surface area contributed by atoms with Crippen LogP contribution in [0.5, 0.6) is 0 Å². The van der Waals surface area contributed by atoms with Gasteiger partial charge in [-0.15, -0.1) is 0 Å². The molecule has 0 saturated heterocycles. The molecule has 2 aromatic heterocycles. The number of thiophene rings is 1. The SMILES string of the molecule is Nc1ccc2nn3c(c2c1)NCCC3c1ccsc1. The molecule has 96 valence electrons. The van der Waals surface area contributed by atoms with Gasteiger partial charge in [-0.1, -0.05) is 0 Å². The van der Waals surface area contributed by atoms with Gasteiger partial charge in [-0.25, -0.2) is 4.68 Å². The minimum absolute atomic E-state index is 0.330. The van der Waals surface area contributed by atoms with E-state index in [1.807, 2.05) is 18.2 Å². The van der Waals surface area contributed by atoms with Gasteiger partial charge in [0.2, 0.25) is 0 Å². The van der Waals surface area contributed by atoms with E-state index in [4.69, 9.17) is 10.8 Å². The summed E-state index contributed by atoms with van der Waals surface area (Å²) in [4.78, 5) is 0. The number of nitrogen functional groups attached to an aromatic ring is 1. The van der Waals surface area contributed by atoms with Gasteiger partial charge >= 0.3 is 0 Å². The molecule has 1 aliphatic rings. The zero-order valence-electron chi connectivity index (χ0n) is 10.3. The first-order valence-corrected chi connectivity index (χ1v) is 7.31. The lowest BCUT2D eigenvalue weighted by Crippen LogP contribution is -2.23. The van der Waals surface area contributed by atoms with Crippen molar-refractivity contribution in [1.29, 1.82) is 0 Å². The fraction of sp³-hybridized carbons (Fsp3) is 0.214. The topological polar surface area (TPSA) is 55.9 Å². The highest BCUT2D eigenvalue weighted by atomic mass is 32.1. The summed E-state index contributed by atoms with van der Waals surface area (Å²) in [5, 5.41) is 13.6. The number of aromatic nitrogens is 2. The molecule has 3 aromatic rings. The van der Waals surface area contributed by atoms with Crippen LogP contribution in [0.1, 0.15) is 18.0 Å². The van der Waals surface area contributed by atoms with Crippen molar-refractivity contribution >= 4 is 33.7 Å². The van der Waals surface area contributed by atoms with E-state index in [0.717, 1.165) is 35.4 Å². The first kappa shape index (κ1) is 10.9. The van der Waals surface area contributed by atoms with Gasteiger partial charge in [0.05, 0.1) is 11.6 Å². The molecule has 4 nitrogen and oxygen atoms in total. The van der Waals surface area contributed by atoms with E-state index in [0.29, 0.717) is 6.04 Å². The van der Waals surface area contributed by atoms with Crippen molar-refractivity contribution in [1.82, 2.24) is 9.78 Å². The maximum Gasteiger partial charge on any atom is 0.133 e. The second-order valence-electron chi connectivity index (χ2n) is 4.86. The number of fused-ring (bicyclic) bond motifs is 3. The summed E-state index contributed by atoms with van der Waals surface area (Å²) in [5.41, 5.74) is 9.00. The standard InChI is InChI=1S/C14H14N4S/c15-10-1-2-12-11(7-10)14-16-5-3-13(18(14)17-12)9-4-6-19-8-9/h1-2,4,6-8,13,16H,3,5,15H2. The Morgan fingerprint density at radius 1 is 1.37 bits per heavy atom. The van der Waals surface area contributed by atoms with E-state index >= 15 is 0 Å². The number of hydrogen-bond acceptors (Lipinski definition) is 4. The Labute approximate surface area is 114 Å². The van der Waals surface area contributed by atoms with Crippen LogP contribution in [-0.2, 0) is 0 Å². The fourth-order valence-electron chi connectivity index (χ4n) is 2.74. The van der Waals surface area contributed by atoms with Crippen LogP contribution < -0.4 is 11.1 Å². The average molecular weight is 270 g/mol. The van der Waals surface area contributed by atoms with E-state index in [1.54, 1.807) is 11.3 Å². The summed E-state index contributed by atoms with van der Waals surface area (Å²) in [6.45, 7) is 0.968. The first-order valence-electron chi connectivity index (χ1n) is 6.36. The van der Waals surface area contributed by atoms with Crippen LogP contribution >= 0.6 is 11.3 Å². The van der Waals surface area contributed by atoms with Crippen molar-refractivity contribution in [3.8, 4) is 0 Å². The lowest BCUT2D eigenvalue weighted by Gasteiger charge is -2.25. The van der Waals surface area contributed by atoms with Crippen LogP contribution in [0.3, 0.4) is 0 Å². The van der Waals surface area contributed by atoms with Gasteiger partial charge in [-0.2, -0.15) is 16.4 Å². The third-order valence-corrected chi connectivity index (χ3v) is 4.36. The molecule has 0 spiro atoms. The van der Waals surface area contributed by atoms with Crippen molar-refractivity contribution in [2.24, 2.45) is 0 Å². The van der Waals surface area contributed by atoms with Gasteiger partial charge in [-0.3, -0.25) is 0 Å². The number of nitrogens with one attached hydrogen (secondary N) is 1. The molecule has 1 aliphatic heterocycles. The molecule has 0 amide bonds. The maximum atomic E-state index is 5.88. The zero-order valence-corrected chi connectivity index (χ0v) is 11.2. The van der Waals surface area contributed by atoms with Crippen LogP contribution in [-0.4, -0.2) is 16.3 Å². The van der Waals surface area contributed by atoms with Crippen molar-refractivity contribution in [2.75, 3.05) is 17.6 Å². The highest BCUT2D eigenvalue weighted by Crippen LogP contribution is 2.35. The van der Waals surface area contributed by atoms with Crippen LogP contribution in [0.4, 0.5) is 11.5 Å². The van der Waals surface area contributed by atoms with Gasteiger partial charge in [0.1, 0.15) is 5.82 Å². The predicted molar refractivity (Wildman–Crippen MR) is 79.7 cm³/mol. The third kappa shape index (κ3) is 1.62. The Hall–Kier alpha value is -2.01. The molecule has 1 atom stereocenters. The van der Waals surface area contributed by atoms with Crippen LogP contribution in [0.25, 0.3) is 10.9 Å². The largest absolute Gasteiger partial charge is 0.399 e. The summed E-state index contributed by atoms with van der Waals surface area (Å²) < 4.78 is 2.11. The molecule has 4 rings (SSSR count). The highest BCUT2D eigenvalue weighted by Gasteiger charge is 2.24. The second kappa shape index (κ2) is 3.99. The van der Waals surface area contributed by atoms with Gasteiger partial charge in [0.15, 0.2) is 0 Å². The minimum atomic E-state index is 0.330. The summed E-state index contributed by atoms with van der Waals surface area (Å²) in [7, 11) is 0. The van der Waals surface area contributed by atoms with Gasteiger partial charge < -0.3 is 11.1 Å². The average Bonchev–Trinajstić information content (AvgIpc) is 3.05. The number of benzene rings is 1. The molecule has 1 aromatic carbocycles. The summed E-state index contributed by atoms with van der Waals surface area (Å²) >= 11 is 1.74. The van der Waals surface area contributed by atoms with Crippen molar-refractivity contribution in [2.45, 2.75) is 12.5 Å². The molecule has 0 saturated carbocycles. The van der Waals surface area contributed by atoms with E-state index in [1.165, 1.54) is 5.56 Å². The summed E-state index contributed by atoms with van der Waals surface area (Å²) in [5.74, 6) is 1.09. The Morgan fingerprint density at radius 3 is 3.16 bits per heavy atom. The monoisotopic (exact) mass is 270 g/mol. The van der Waals surface area contributed by atoms with E-state index in [-0.39, 0.29) is 0 Å².